The lowest BCUT2D eigenvalue weighted by molar-refractivity contribution is 0.0379. The quantitative estimate of drug-likeness (QED) is 0.716. The summed E-state index contributed by atoms with van der Waals surface area (Å²) in [4.78, 5) is 5.27. The standard InChI is InChI=1S/C18H27Cl2N3S.ClH/c1-21-11-15(14-2-3-17(19)18(20)10-14)4-5-22-12-16(13-22)23-6-8-24-9-7-23;/h2-3,10,15-16,21H,4-9,11-13H2,1H3;1H/t15-;/m1./s1. The molecule has 0 unspecified atom stereocenters. The summed E-state index contributed by atoms with van der Waals surface area (Å²) in [5.41, 5.74) is 1.28. The van der Waals surface area contributed by atoms with Crippen molar-refractivity contribution in [2.75, 3.05) is 57.8 Å². The molecule has 0 bridgehead atoms. The van der Waals surface area contributed by atoms with Gasteiger partial charge in [-0.05, 0) is 43.6 Å². The molecule has 1 aromatic carbocycles. The number of halogens is 3. The van der Waals surface area contributed by atoms with Gasteiger partial charge in [-0.3, -0.25) is 4.90 Å². The third-order valence-electron chi connectivity index (χ3n) is 5.16. The summed E-state index contributed by atoms with van der Waals surface area (Å²) < 4.78 is 0. The molecule has 2 heterocycles. The molecule has 1 atom stereocenters. The van der Waals surface area contributed by atoms with Gasteiger partial charge in [-0.25, -0.2) is 0 Å². The van der Waals surface area contributed by atoms with E-state index in [-0.39, 0.29) is 12.4 Å². The molecule has 3 rings (SSSR count). The van der Waals surface area contributed by atoms with Crippen molar-refractivity contribution in [2.45, 2.75) is 18.4 Å². The Labute approximate surface area is 172 Å². The van der Waals surface area contributed by atoms with Crippen LogP contribution < -0.4 is 5.32 Å². The van der Waals surface area contributed by atoms with Crippen LogP contribution in [-0.2, 0) is 0 Å². The first-order valence-corrected chi connectivity index (χ1v) is 10.7. The normalized spacial score (nSPS) is 20.8. The van der Waals surface area contributed by atoms with Gasteiger partial charge in [0.15, 0.2) is 0 Å². The monoisotopic (exact) mass is 423 g/mol. The zero-order valence-electron chi connectivity index (χ0n) is 14.7. The molecule has 2 saturated heterocycles. The van der Waals surface area contributed by atoms with Crippen molar-refractivity contribution in [3.63, 3.8) is 0 Å². The minimum atomic E-state index is 0. The van der Waals surface area contributed by atoms with Crippen molar-refractivity contribution >= 4 is 47.4 Å². The van der Waals surface area contributed by atoms with Crippen LogP contribution >= 0.6 is 47.4 Å². The van der Waals surface area contributed by atoms with Gasteiger partial charge in [0.2, 0.25) is 0 Å². The summed E-state index contributed by atoms with van der Waals surface area (Å²) in [5.74, 6) is 3.09. The second-order valence-corrected chi connectivity index (χ2v) is 8.82. The fourth-order valence-electron chi connectivity index (χ4n) is 3.64. The van der Waals surface area contributed by atoms with E-state index in [1.165, 1.54) is 43.2 Å². The van der Waals surface area contributed by atoms with E-state index in [2.05, 4.69) is 32.9 Å². The van der Waals surface area contributed by atoms with Gasteiger partial charge in [0, 0.05) is 50.3 Å². The zero-order chi connectivity index (χ0) is 16.9. The molecule has 0 spiro atoms. The molecule has 0 aliphatic carbocycles. The van der Waals surface area contributed by atoms with Gasteiger partial charge in [0.1, 0.15) is 0 Å². The second-order valence-electron chi connectivity index (χ2n) is 6.78. The predicted octanol–water partition coefficient (Wildman–Crippen LogP) is 3.84. The lowest BCUT2D eigenvalue weighted by Crippen LogP contribution is -2.60. The summed E-state index contributed by atoms with van der Waals surface area (Å²) in [6.07, 6.45) is 1.15. The van der Waals surface area contributed by atoms with Crippen molar-refractivity contribution in [2.24, 2.45) is 0 Å². The molecule has 0 aromatic heterocycles. The largest absolute Gasteiger partial charge is 0.319 e. The van der Waals surface area contributed by atoms with Crippen LogP contribution in [0, 0.1) is 0 Å². The molecule has 0 radical (unpaired) electrons. The number of nitrogens with one attached hydrogen (secondary N) is 1. The number of hydrogen-bond donors (Lipinski definition) is 1. The average Bonchev–Trinajstić information content (AvgIpc) is 2.56. The number of nitrogens with zero attached hydrogens (tertiary/aromatic N) is 2. The Balaban J connectivity index is 0.00000225. The van der Waals surface area contributed by atoms with Crippen LogP contribution in [0.1, 0.15) is 17.9 Å². The van der Waals surface area contributed by atoms with Gasteiger partial charge in [0.05, 0.1) is 10.0 Å². The van der Waals surface area contributed by atoms with Crippen LogP contribution in [0.2, 0.25) is 10.0 Å². The van der Waals surface area contributed by atoms with Crippen LogP contribution in [0.25, 0.3) is 0 Å². The fourth-order valence-corrected chi connectivity index (χ4v) is 4.87. The van der Waals surface area contributed by atoms with Crippen LogP contribution in [-0.4, -0.2) is 73.7 Å². The first-order valence-electron chi connectivity index (χ1n) is 8.81. The summed E-state index contributed by atoms with van der Waals surface area (Å²) in [5, 5.41) is 4.60. The number of likely N-dealkylation sites (tertiary alicyclic amines) is 1. The molecule has 2 aliphatic heterocycles. The maximum atomic E-state index is 6.19. The Morgan fingerprint density at radius 3 is 2.56 bits per heavy atom. The first kappa shape index (κ1) is 21.6. The lowest BCUT2D eigenvalue weighted by atomic mass is 9.94. The van der Waals surface area contributed by atoms with E-state index in [0.29, 0.717) is 16.0 Å². The van der Waals surface area contributed by atoms with Crippen LogP contribution in [0.15, 0.2) is 18.2 Å². The number of hydrogen-bond acceptors (Lipinski definition) is 4. The Bertz CT molecular complexity index is 534. The Morgan fingerprint density at radius 1 is 1.20 bits per heavy atom. The maximum absolute atomic E-state index is 6.19. The van der Waals surface area contributed by atoms with E-state index in [9.17, 15) is 0 Å². The molecule has 1 aromatic rings. The molecular formula is C18H28Cl3N3S. The molecule has 3 nitrogen and oxygen atoms in total. The van der Waals surface area contributed by atoms with E-state index in [4.69, 9.17) is 23.2 Å². The summed E-state index contributed by atoms with van der Waals surface area (Å²) in [7, 11) is 2.01. The number of thioether (sulfide) groups is 1. The summed E-state index contributed by atoms with van der Waals surface area (Å²) in [6.45, 7) is 7.14. The van der Waals surface area contributed by atoms with E-state index in [1.807, 2.05) is 19.2 Å². The molecule has 2 aliphatic rings. The SMILES string of the molecule is CNC[C@@H](CCN1CC(N2CCSCC2)C1)c1ccc(Cl)c(Cl)c1.Cl. The summed E-state index contributed by atoms with van der Waals surface area (Å²) >= 11 is 14.3. The topological polar surface area (TPSA) is 18.5 Å². The van der Waals surface area contributed by atoms with Crippen molar-refractivity contribution < 1.29 is 0 Å². The highest BCUT2D eigenvalue weighted by atomic mass is 35.5. The third kappa shape index (κ3) is 5.90. The van der Waals surface area contributed by atoms with Crippen molar-refractivity contribution in [1.29, 1.82) is 0 Å². The maximum Gasteiger partial charge on any atom is 0.0595 e. The van der Waals surface area contributed by atoms with E-state index < -0.39 is 0 Å². The van der Waals surface area contributed by atoms with Crippen LogP contribution in [0.5, 0.6) is 0 Å². The second kappa shape index (κ2) is 10.6. The van der Waals surface area contributed by atoms with E-state index in [0.717, 1.165) is 25.6 Å². The first-order chi connectivity index (χ1) is 11.7. The van der Waals surface area contributed by atoms with Crippen LogP contribution in [0.4, 0.5) is 0 Å². The molecule has 142 valence electrons. The van der Waals surface area contributed by atoms with E-state index in [1.54, 1.807) is 0 Å². The van der Waals surface area contributed by atoms with Gasteiger partial charge in [-0.2, -0.15) is 11.8 Å². The highest BCUT2D eigenvalue weighted by Gasteiger charge is 2.32. The minimum Gasteiger partial charge on any atom is -0.319 e. The smallest absolute Gasteiger partial charge is 0.0595 e. The molecular weight excluding hydrogens is 397 g/mol. The number of likely N-dealkylation sites (N-methyl/N-ethyl adjacent to an activating group) is 1. The molecule has 0 saturated carbocycles. The predicted molar refractivity (Wildman–Crippen MR) is 114 cm³/mol. The average molecular weight is 425 g/mol. The third-order valence-corrected chi connectivity index (χ3v) is 6.84. The number of rotatable bonds is 7. The Hall–Kier alpha value is 0.320. The zero-order valence-corrected chi connectivity index (χ0v) is 17.9. The van der Waals surface area contributed by atoms with Crippen LogP contribution in [0.3, 0.4) is 0 Å². The molecule has 0 amide bonds. The minimum absolute atomic E-state index is 0. The van der Waals surface area contributed by atoms with E-state index >= 15 is 0 Å². The van der Waals surface area contributed by atoms with Gasteiger partial charge in [0.25, 0.3) is 0 Å². The van der Waals surface area contributed by atoms with Crippen molar-refractivity contribution in [3.05, 3.63) is 33.8 Å². The highest BCUT2D eigenvalue weighted by Crippen LogP contribution is 2.29. The lowest BCUT2D eigenvalue weighted by Gasteiger charge is -2.47. The van der Waals surface area contributed by atoms with Gasteiger partial charge in [-0.1, -0.05) is 29.3 Å². The molecule has 7 heteroatoms. The van der Waals surface area contributed by atoms with Crippen molar-refractivity contribution in [3.8, 4) is 0 Å². The highest BCUT2D eigenvalue weighted by molar-refractivity contribution is 7.99. The van der Waals surface area contributed by atoms with Gasteiger partial charge in [-0.15, -0.1) is 12.4 Å². The molecule has 1 N–H and O–H groups in total. The Kier molecular flexibility index (Phi) is 9.17. The van der Waals surface area contributed by atoms with Gasteiger partial charge >= 0.3 is 0 Å². The molecule has 2 fully saturated rings. The van der Waals surface area contributed by atoms with Crippen molar-refractivity contribution in [1.82, 2.24) is 15.1 Å². The number of benzene rings is 1. The fraction of sp³-hybridized carbons (Fsp3) is 0.667. The summed E-state index contributed by atoms with van der Waals surface area (Å²) in [6, 6.07) is 6.84. The Morgan fingerprint density at radius 2 is 1.92 bits per heavy atom. The molecule has 25 heavy (non-hydrogen) atoms. The van der Waals surface area contributed by atoms with Gasteiger partial charge < -0.3 is 10.2 Å².